The Bertz CT molecular complexity index is 329. The van der Waals surface area contributed by atoms with E-state index >= 15 is 0 Å². The number of ether oxygens (including phenoxy) is 2. The number of benzene rings is 1. The molecule has 3 heteroatoms. The lowest BCUT2D eigenvalue weighted by atomic mass is 10.2. The molecule has 0 N–H and O–H groups in total. The van der Waals surface area contributed by atoms with Crippen LogP contribution >= 0.6 is 0 Å². The molecule has 83 valence electrons. The van der Waals surface area contributed by atoms with Crippen molar-refractivity contribution < 1.29 is 9.47 Å². The summed E-state index contributed by atoms with van der Waals surface area (Å²) in [6.45, 7) is 6.75. The quantitative estimate of drug-likeness (QED) is 0.730. The molecule has 2 nitrogen and oxygen atoms in total. The molecule has 0 bridgehead atoms. The molecule has 0 aliphatic carbocycles. The first-order chi connectivity index (χ1) is 6.98. The summed E-state index contributed by atoms with van der Waals surface area (Å²) < 4.78 is 10.7. The van der Waals surface area contributed by atoms with Gasteiger partial charge in [-0.1, -0.05) is 32.9 Å². The zero-order valence-corrected chi connectivity index (χ0v) is 11.3. The van der Waals surface area contributed by atoms with Crippen LogP contribution in [0, 0.1) is 0 Å². The zero-order valence-electron chi connectivity index (χ0n) is 10.1. The van der Waals surface area contributed by atoms with E-state index in [0.717, 1.165) is 11.5 Å². The fourth-order valence-electron chi connectivity index (χ4n) is 1.49. The molecule has 15 heavy (non-hydrogen) atoms. The second kappa shape index (κ2) is 4.70. The molecule has 0 aliphatic rings. The van der Waals surface area contributed by atoms with Crippen LogP contribution in [0.2, 0.25) is 5.04 Å². The lowest BCUT2D eigenvalue weighted by Gasteiger charge is -2.20. The van der Waals surface area contributed by atoms with Crippen LogP contribution in [-0.2, 0) is 0 Å². The van der Waals surface area contributed by atoms with Crippen molar-refractivity contribution in [1.29, 1.82) is 0 Å². The van der Waals surface area contributed by atoms with Crippen LogP contribution in [0.3, 0.4) is 0 Å². The Morgan fingerprint density at radius 3 is 2.20 bits per heavy atom. The van der Waals surface area contributed by atoms with Gasteiger partial charge in [-0.15, -0.1) is 0 Å². The Morgan fingerprint density at radius 1 is 1.07 bits per heavy atom. The van der Waals surface area contributed by atoms with Gasteiger partial charge in [-0.3, -0.25) is 0 Å². The fraction of sp³-hybridized carbons (Fsp3) is 0.500. The van der Waals surface area contributed by atoms with Crippen molar-refractivity contribution in [1.82, 2.24) is 0 Å². The number of hydrogen-bond donors (Lipinski definition) is 0. The third-order valence-corrected chi connectivity index (χ3v) is 3.65. The van der Waals surface area contributed by atoms with Gasteiger partial charge in [0.2, 0.25) is 0 Å². The molecule has 0 saturated heterocycles. The third-order valence-electron chi connectivity index (χ3n) is 2.02. The molecule has 0 amide bonds. The second-order valence-corrected chi connectivity index (χ2v) is 7.24. The molecule has 0 unspecified atom stereocenters. The van der Waals surface area contributed by atoms with E-state index in [1.807, 2.05) is 12.1 Å². The Morgan fingerprint density at radius 2 is 1.73 bits per heavy atom. The van der Waals surface area contributed by atoms with Crippen LogP contribution in [0.5, 0.6) is 11.5 Å². The van der Waals surface area contributed by atoms with E-state index in [-0.39, 0.29) is 9.52 Å². The molecule has 1 aromatic rings. The highest BCUT2D eigenvalue weighted by molar-refractivity contribution is 6.57. The monoisotopic (exact) mass is 223 g/mol. The predicted octanol–water partition coefficient (Wildman–Crippen LogP) is 1.98. The summed E-state index contributed by atoms with van der Waals surface area (Å²) in [4.78, 5) is 0. The van der Waals surface area contributed by atoms with Crippen LogP contribution in [0.25, 0.3) is 0 Å². The normalized spacial score (nSPS) is 11.3. The van der Waals surface area contributed by atoms with Crippen LogP contribution in [0.1, 0.15) is 20.8 Å². The van der Waals surface area contributed by atoms with Gasteiger partial charge in [0, 0.05) is 0 Å². The molecular weight excluding hydrogens is 204 g/mol. The van der Waals surface area contributed by atoms with Gasteiger partial charge >= 0.3 is 0 Å². The van der Waals surface area contributed by atoms with Crippen LogP contribution in [0.4, 0.5) is 0 Å². The van der Waals surface area contributed by atoms with Crippen LogP contribution in [0.15, 0.2) is 18.2 Å². The first kappa shape index (κ1) is 12.1. The average molecular weight is 223 g/mol. The summed E-state index contributed by atoms with van der Waals surface area (Å²) in [6, 6.07) is 6.09. The summed E-state index contributed by atoms with van der Waals surface area (Å²) in [7, 11) is 3.56. The molecule has 0 aliphatic heterocycles. The van der Waals surface area contributed by atoms with Crippen molar-refractivity contribution in [2.24, 2.45) is 0 Å². The van der Waals surface area contributed by atoms with Crippen molar-refractivity contribution in [3.8, 4) is 11.5 Å². The standard InChI is InChI=1S/C12H19O2Si/c1-12(2,3)15-10-8-6-7-9(13-4)11(10)14-5/h6-8,15H,1-5H3. The lowest BCUT2D eigenvalue weighted by molar-refractivity contribution is 0.357. The smallest absolute Gasteiger partial charge is 0.160 e. The van der Waals surface area contributed by atoms with Gasteiger partial charge in [-0.25, -0.2) is 0 Å². The Hall–Kier alpha value is -0.963. The van der Waals surface area contributed by atoms with E-state index in [0.29, 0.717) is 5.04 Å². The zero-order chi connectivity index (χ0) is 11.5. The van der Waals surface area contributed by atoms with Gasteiger partial charge in [0.1, 0.15) is 0 Å². The minimum atomic E-state index is 0.183. The molecule has 1 radical (unpaired) electrons. The number of hydrogen-bond acceptors (Lipinski definition) is 2. The van der Waals surface area contributed by atoms with Crippen LogP contribution < -0.4 is 14.7 Å². The molecule has 0 heterocycles. The van der Waals surface area contributed by atoms with Gasteiger partial charge in [0.05, 0.1) is 23.7 Å². The number of rotatable bonds is 3. The summed E-state index contributed by atoms with van der Waals surface area (Å²) in [5.41, 5.74) is 0. The highest BCUT2D eigenvalue weighted by Crippen LogP contribution is 2.27. The van der Waals surface area contributed by atoms with Crippen molar-refractivity contribution in [2.45, 2.75) is 25.8 Å². The van der Waals surface area contributed by atoms with Gasteiger partial charge < -0.3 is 9.47 Å². The molecule has 0 spiro atoms. The van der Waals surface area contributed by atoms with E-state index in [9.17, 15) is 0 Å². The Balaban J connectivity index is 3.06. The SMILES string of the molecule is COc1cccc([SiH]C(C)(C)C)c1OC. The number of para-hydroxylation sites is 1. The van der Waals surface area contributed by atoms with Crippen molar-refractivity contribution in [2.75, 3.05) is 14.2 Å². The summed E-state index contributed by atoms with van der Waals surface area (Å²) in [6.07, 6.45) is 0. The van der Waals surface area contributed by atoms with Crippen molar-refractivity contribution >= 4 is 14.7 Å². The first-order valence-electron chi connectivity index (χ1n) is 5.05. The summed E-state index contributed by atoms with van der Waals surface area (Å²) in [5.74, 6) is 1.72. The second-order valence-electron chi connectivity index (χ2n) is 4.59. The molecular formula is C12H19O2Si. The highest BCUT2D eigenvalue weighted by Gasteiger charge is 2.17. The first-order valence-corrected chi connectivity index (χ1v) is 6.20. The topological polar surface area (TPSA) is 18.5 Å². The minimum Gasteiger partial charge on any atom is -0.493 e. The summed E-state index contributed by atoms with van der Waals surface area (Å²) >= 11 is 0. The van der Waals surface area contributed by atoms with Crippen molar-refractivity contribution in [3.05, 3.63) is 18.2 Å². The van der Waals surface area contributed by atoms with E-state index in [1.54, 1.807) is 14.2 Å². The fourth-order valence-corrected chi connectivity index (χ4v) is 3.02. The minimum absolute atomic E-state index is 0.183. The highest BCUT2D eigenvalue weighted by atomic mass is 28.2. The maximum atomic E-state index is 5.41. The lowest BCUT2D eigenvalue weighted by Crippen LogP contribution is -2.25. The largest absolute Gasteiger partial charge is 0.493 e. The maximum Gasteiger partial charge on any atom is 0.160 e. The summed E-state index contributed by atoms with van der Waals surface area (Å²) in [5, 5.41) is 1.61. The Labute approximate surface area is 94.4 Å². The maximum absolute atomic E-state index is 5.41. The van der Waals surface area contributed by atoms with E-state index in [1.165, 1.54) is 5.19 Å². The van der Waals surface area contributed by atoms with Gasteiger partial charge in [-0.2, -0.15) is 0 Å². The average Bonchev–Trinajstić information content (AvgIpc) is 2.15. The molecule has 1 aromatic carbocycles. The Kier molecular flexibility index (Phi) is 3.80. The van der Waals surface area contributed by atoms with Gasteiger partial charge in [-0.05, 0) is 16.3 Å². The number of methoxy groups -OCH3 is 2. The van der Waals surface area contributed by atoms with Gasteiger partial charge in [0.25, 0.3) is 0 Å². The van der Waals surface area contributed by atoms with E-state index < -0.39 is 0 Å². The van der Waals surface area contributed by atoms with Crippen LogP contribution in [-0.4, -0.2) is 23.7 Å². The molecule has 0 fully saturated rings. The third kappa shape index (κ3) is 3.27. The molecule has 0 atom stereocenters. The molecule has 0 saturated carbocycles. The molecule has 1 rings (SSSR count). The van der Waals surface area contributed by atoms with E-state index in [4.69, 9.17) is 9.47 Å². The van der Waals surface area contributed by atoms with Crippen molar-refractivity contribution in [3.63, 3.8) is 0 Å². The molecule has 0 aromatic heterocycles. The van der Waals surface area contributed by atoms with E-state index in [2.05, 4.69) is 26.8 Å². The van der Waals surface area contributed by atoms with Gasteiger partial charge in [0.15, 0.2) is 11.5 Å². The predicted molar refractivity (Wildman–Crippen MR) is 66.0 cm³/mol.